The van der Waals surface area contributed by atoms with Gasteiger partial charge in [0.1, 0.15) is 0 Å². The van der Waals surface area contributed by atoms with E-state index in [0.29, 0.717) is 33.8 Å². The molecule has 2 atom stereocenters. The van der Waals surface area contributed by atoms with Gasteiger partial charge in [-0.15, -0.1) is 11.3 Å². The number of hydrogen-bond acceptors (Lipinski definition) is 7. The van der Waals surface area contributed by atoms with Gasteiger partial charge in [0.15, 0.2) is 5.82 Å². The van der Waals surface area contributed by atoms with Crippen molar-refractivity contribution in [2.75, 3.05) is 48.8 Å². The topological polar surface area (TPSA) is 82.5 Å². The van der Waals surface area contributed by atoms with E-state index in [1.807, 2.05) is 31.2 Å². The molecule has 8 nitrogen and oxygen atoms in total. The van der Waals surface area contributed by atoms with E-state index in [1.165, 1.54) is 34.3 Å². The number of rotatable bonds is 6. The Morgan fingerprint density at radius 1 is 1.02 bits per heavy atom. The van der Waals surface area contributed by atoms with Gasteiger partial charge >= 0.3 is 0 Å². The third-order valence-electron chi connectivity index (χ3n) is 9.19. The molecule has 2 fully saturated rings. The van der Waals surface area contributed by atoms with E-state index in [4.69, 9.17) is 11.6 Å². The summed E-state index contributed by atoms with van der Waals surface area (Å²) in [5, 5.41) is 6.68. The number of carbonyl (C=O) groups excluding carboxylic acids is 1. The standard InChI is InChI=1S/C33H35ClN6O2S/c1-19-4-11-24(28(34)29(19)37-32(41)27-17-25-20-5-6-21(16-20)30(25)43-27)26-18-39(3)33(42)31(36-26)35-22-7-9-23(10-8-22)40-14-12-38(2)13-15-40/h4,7-11,17-18,20-21H,5-6,12-16H2,1-3H3,(H,35,36)(H,37,41). The molecule has 1 saturated heterocycles. The van der Waals surface area contributed by atoms with Crippen LogP contribution in [0.15, 0.2) is 53.5 Å². The highest BCUT2D eigenvalue weighted by Crippen LogP contribution is 2.56. The lowest BCUT2D eigenvalue weighted by molar-refractivity contribution is 0.103. The number of anilines is 4. The van der Waals surface area contributed by atoms with Crippen molar-refractivity contribution in [2.24, 2.45) is 7.05 Å². The summed E-state index contributed by atoms with van der Waals surface area (Å²) in [4.78, 5) is 37.9. The molecule has 10 heteroatoms. The molecular weight excluding hydrogens is 580 g/mol. The van der Waals surface area contributed by atoms with Crippen molar-refractivity contribution in [3.63, 3.8) is 0 Å². The first-order valence-electron chi connectivity index (χ1n) is 14.9. The van der Waals surface area contributed by atoms with Crippen LogP contribution in [0.4, 0.5) is 22.9 Å². The number of hydrogen-bond donors (Lipinski definition) is 2. The molecule has 1 amide bonds. The quantitative estimate of drug-likeness (QED) is 0.255. The lowest BCUT2D eigenvalue weighted by atomic mass is 9.99. The molecule has 3 aliphatic rings. The van der Waals surface area contributed by atoms with Gasteiger partial charge in [0.05, 0.1) is 21.3 Å². The molecule has 43 heavy (non-hydrogen) atoms. The third-order valence-corrected chi connectivity index (χ3v) is 10.9. The number of fused-ring (bicyclic) bond motifs is 5. The van der Waals surface area contributed by atoms with Crippen LogP contribution in [0.5, 0.6) is 0 Å². The number of nitrogens with zero attached hydrogens (tertiary/aromatic N) is 4. The highest BCUT2D eigenvalue weighted by molar-refractivity contribution is 7.14. The molecule has 3 heterocycles. The first-order valence-corrected chi connectivity index (χ1v) is 16.1. The van der Waals surface area contributed by atoms with E-state index in [0.717, 1.165) is 48.0 Å². The number of thiophene rings is 1. The van der Waals surface area contributed by atoms with E-state index in [1.54, 1.807) is 24.6 Å². The number of benzene rings is 2. The lowest BCUT2D eigenvalue weighted by Gasteiger charge is -2.34. The van der Waals surface area contributed by atoms with Gasteiger partial charge < -0.3 is 25.0 Å². The van der Waals surface area contributed by atoms with Gasteiger partial charge in [-0.2, -0.15) is 0 Å². The summed E-state index contributed by atoms with van der Waals surface area (Å²) in [6.45, 7) is 5.98. The summed E-state index contributed by atoms with van der Waals surface area (Å²) in [5.41, 5.74) is 5.65. The van der Waals surface area contributed by atoms with Gasteiger partial charge in [-0.05, 0) is 86.5 Å². The molecule has 2 bridgehead atoms. The van der Waals surface area contributed by atoms with E-state index in [2.05, 4.69) is 50.7 Å². The SMILES string of the molecule is Cc1ccc(-c2cn(C)c(=O)c(Nc3ccc(N4CCN(C)CC4)cc3)n2)c(Cl)c1NC(=O)c1cc2c(s1)C1CCC2C1. The number of likely N-dealkylation sites (N-methyl/N-ethyl adjacent to an activating group) is 1. The number of aryl methyl sites for hydroxylation is 2. The van der Waals surface area contributed by atoms with Gasteiger partial charge in [0.2, 0.25) is 0 Å². The van der Waals surface area contributed by atoms with Crippen LogP contribution in [-0.2, 0) is 7.05 Å². The van der Waals surface area contributed by atoms with Gasteiger partial charge in [0, 0.05) is 61.2 Å². The Morgan fingerprint density at radius 2 is 1.77 bits per heavy atom. The van der Waals surface area contributed by atoms with Crippen LogP contribution in [0.1, 0.15) is 56.8 Å². The summed E-state index contributed by atoms with van der Waals surface area (Å²) in [6.07, 6.45) is 5.37. The van der Waals surface area contributed by atoms with Crippen molar-refractivity contribution >= 4 is 51.7 Å². The van der Waals surface area contributed by atoms with Gasteiger partial charge in [-0.25, -0.2) is 4.98 Å². The Labute approximate surface area is 260 Å². The molecule has 2 unspecified atom stereocenters. The average Bonchev–Trinajstić information content (AvgIpc) is 3.73. The fourth-order valence-electron chi connectivity index (χ4n) is 6.64. The molecule has 2 aliphatic carbocycles. The van der Waals surface area contributed by atoms with Crippen LogP contribution in [0, 0.1) is 6.92 Å². The Morgan fingerprint density at radius 3 is 2.51 bits per heavy atom. The fourth-order valence-corrected chi connectivity index (χ4v) is 8.29. The second-order valence-corrected chi connectivity index (χ2v) is 13.5. The molecular formula is C33H35ClN6O2S. The monoisotopic (exact) mass is 614 g/mol. The largest absolute Gasteiger partial charge is 0.369 e. The van der Waals surface area contributed by atoms with Crippen molar-refractivity contribution in [3.05, 3.63) is 84.9 Å². The van der Waals surface area contributed by atoms with E-state index in [-0.39, 0.29) is 17.3 Å². The summed E-state index contributed by atoms with van der Waals surface area (Å²) in [7, 11) is 3.84. The van der Waals surface area contributed by atoms with Crippen molar-refractivity contribution in [1.82, 2.24) is 14.5 Å². The second-order valence-electron chi connectivity index (χ2n) is 12.1. The number of carbonyl (C=O) groups is 1. The average molecular weight is 615 g/mol. The van der Waals surface area contributed by atoms with E-state index < -0.39 is 0 Å². The van der Waals surface area contributed by atoms with Crippen LogP contribution >= 0.6 is 22.9 Å². The first-order chi connectivity index (χ1) is 20.7. The maximum absolute atomic E-state index is 13.4. The van der Waals surface area contributed by atoms with Gasteiger partial charge in [-0.1, -0.05) is 23.7 Å². The summed E-state index contributed by atoms with van der Waals surface area (Å²) in [6, 6.07) is 14.0. The minimum absolute atomic E-state index is 0.142. The molecule has 2 aromatic heterocycles. The minimum atomic E-state index is -0.247. The summed E-state index contributed by atoms with van der Waals surface area (Å²) in [5.74, 6) is 1.29. The second kappa shape index (κ2) is 11.1. The van der Waals surface area contributed by atoms with Gasteiger partial charge in [-0.3, -0.25) is 9.59 Å². The highest BCUT2D eigenvalue weighted by atomic mass is 35.5. The Hall–Kier alpha value is -3.66. The number of nitrogens with one attached hydrogen (secondary N) is 2. The number of halogens is 1. The molecule has 0 spiro atoms. The van der Waals surface area contributed by atoms with Crippen molar-refractivity contribution in [1.29, 1.82) is 0 Å². The minimum Gasteiger partial charge on any atom is -0.369 e. The molecule has 1 aliphatic heterocycles. The normalized spacial score (nSPS) is 19.5. The fraction of sp³-hybridized carbons (Fsp3) is 0.364. The molecule has 222 valence electrons. The van der Waals surface area contributed by atoms with Crippen molar-refractivity contribution in [2.45, 2.75) is 38.0 Å². The third kappa shape index (κ3) is 5.24. The number of aromatic nitrogens is 2. The molecule has 1 saturated carbocycles. The van der Waals surface area contributed by atoms with Crippen LogP contribution in [-0.4, -0.2) is 53.6 Å². The Kier molecular flexibility index (Phi) is 7.27. The first kappa shape index (κ1) is 28.1. The van der Waals surface area contributed by atoms with Crippen LogP contribution in [0.3, 0.4) is 0 Å². The predicted octanol–water partition coefficient (Wildman–Crippen LogP) is 6.58. The van der Waals surface area contributed by atoms with Crippen LogP contribution in [0.2, 0.25) is 5.02 Å². The van der Waals surface area contributed by atoms with Crippen LogP contribution in [0.25, 0.3) is 11.3 Å². The van der Waals surface area contributed by atoms with Gasteiger partial charge in [0.25, 0.3) is 11.5 Å². The number of piperazine rings is 1. The van der Waals surface area contributed by atoms with E-state index >= 15 is 0 Å². The zero-order chi connectivity index (χ0) is 29.8. The molecule has 2 aromatic carbocycles. The van der Waals surface area contributed by atoms with Crippen LogP contribution < -0.4 is 21.1 Å². The Balaban J connectivity index is 1.13. The Bertz CT molecular complexity index is 1750. The van der Waals surface area contributed by atoms with Crippen molar-refractivity contribution < 1.29 is 4.79 Å². The van der Waals surface area contributed by atoms with Crippen molar-refractivity contribution in [3.8, 4) is 11.3 Å². The summed E-state index contributed by atoms with van der Waals surface area (Å²) >= 11 is 8.57. The molecule has 0 radical (unpaired) electrons. The maximum Gasteiger partial charge on any atom is 0.293 e. The van der Waals surface area contributed by atoms with E-state index in [9.17, 15) is 9.59 Å². The number of amides is 1. The molecule has 7 rings (SSSR count). The lowest BCUT2D eigenvalue weighted by Crippen LogP contribution is -2.44. The molecule has 2 N–H and O–H groups in total. The zero-order valence-corrected chi connectivity index (χ0v) is 26.2. The maximum atomic E-state index is 13.4. The smallest absolute Gasteiger partial charge is 0.293 e. The zero-order valence-electron chi connectivity index (χ0n) is 24.6. The summed E-state index contributed by atoms with van der Waals surface area (Å²) < 4.78 is 1.50. The predicted molar refractivity (Wildman–Crippen MR) is 176 cm³/mol. The molecule has 4 aromatic rings. The highest BCUT2D eigenvalue weighted by Gasteiger charge is 2.39.